The molecule has 3 rings (SSSR count). The lowest BCUT2D eigenvalue weighted by molar-refractivity contribution is -0.150. The molecule has 144 valence electrons. The van der Waals surface area contributed by atoms with Crippen LogP contribution in [0, 0.1) is 28.1 Å². The molecule has 0 saturated heterocycles. The molecule has 1 saturated carbocycles. The Morgan fingerprint density at radius 1 is 1.14 bits per heavy atom. The molecule has 2 atom stereocenters. The first kappa shape index (κ1) is 20.6. The summed E-state index contributed by atoms with van der Waals surface area (Å²) in [5, 5.41) is 9.72. The van der Waals surface area contributed by atoms with Crippen molar-refractivity contribution in [1.82, 2.24) is 0 Å². The summed E-state index contributed by atoms with van der Waals surface area (Å²) in [5.41, 5.74) is -0.885. The molecule has 1 fully saturated rings. The number of carbonyl (C=O) groups is 1. The van der Waals surface area contributed by atoms with Gasteiger partial charge in [-0.25, -0.2) is 0 Å². The van der Waals surface area contributed by atoms with Crippen LogP contribution in [0.2, 0.25) is 0 Å². The maximum Gasteiger partial charge on any atom is 0.328 e. The van der Waals surface area contributed by atoms with Crippen molar-refractivity contribution in [3.8, 4) is 17.6 Å². The summed E-state index contributed by atoms with van der Waals surface area (Å²) in [7, 11) is 0. The molecule has 0 aliphatic heterocycles. The number of hydrogen-bond acceptors (Lipinski definition) is 4. The third-order valence-electron chi connectivity index (χ3n) is 5.22. The number of carbonyl (C=O) groups excluding carboxylic acids is 1. The zero-order valence-electron chi connectivity index (χ0n) is 15.5. The molecule has 1 aliphatic rings. The van der Waals surface area contributed by atoms with Crippen LogP contribution in [0.5, 0.6) is 11.5 Å². The third kappa shape index (κ3) is 3.87. The van der Waals surface area contributed by atoms with Crippen molar-refractivity contribution in [2.45, 2.75) is 20.5 Å². The molecule has 0 spiro atoms. The highest BCUT2D eigenvalue weighted by Crippen LogP contribution is 2.70. The molecule has 0 aromatic heterocycles. The summed E-state index contributed by atoms with van der Waals surface area (Å²) in [5.74, 6) is 0.663. The third-order valence-corrected chi connectivity index (χ3v) is 5.74. The van der Waals surface area contributed by atoms with Crippen LogP contribution >= 0.6 is 31.9 Å². The minimum atomic E-state index is -1.18. The van der Waals surface area contributed by atoms with Crippen LogP contribution in [0.3, 0.4) is 0 Å². The number of esters is 1. The second kappa shape index (κ2) is 8.10. The Morgan fingerprint density at radius 3 is 2.46 bits per heavy atom. The molecule has 1 aliphatic carbocycles. The lowest BCUT2D eigenvalue weighted by Gasteiger charge is -2.12. The predicted molar refractivity (Wildman–Crippen MR) is 114 cm³/mol. The van der Waals surface area contributed by atoms with Gasteiger partial charge in [0, 0.05) is 11.3 Å². The van der Waals surface area contributed by atoms with Gasteiger partial charge in [-0.2, -0.15) is 5.26 Å². The Labute approximate surface area is 181 Å². The van der Waals surface area contributed by atoms with E-state index >= 15 is 0 Å². The van der Waals surface area contributed by atoms with Gasteiger partial charge in [0.1, 0.15) is 18.1 Å². The first-order chi connectivity index (χ1) is 13.3. The molecule has 0 amide bonds. The number of allylic oxidation sites excluding steroid dienone is 1. The van der Waals surface area contributed by atoms with E-state index in [2.05, 4.69) is 37.9 Å². The molecule has 28 heavy (non-hydrogen) atoms. The highest BCUT2D eigenvalue weighted by molar-refractivity contribution is 9.28. The van der Waals surface area contributed by atoms with Crippen molar-refractivity contribution in [2.75, 3.05) is 0 Å². The van der Waals surface area contributed by atoms with Crippen LogP contribution in [0.4, 0.5) is 0 Å². The Kier molecular flexibility index (Phi) is 5.97. The van der Waals surface area contributed by atoms with Gasteiger partial charge in [-0.3, -0.25) is 4.79 Å². The van der Waals surface area contributed by atoms with E-state index in [1.54, 1.807) is 0 Å². The van der Waals surface area contributed by atoms with E-state index in [4.69, 9.17) is 9.47 Å². The normalized spacial score (nSPS) is 21.9. The van der Waals surface area contributed by atoms with E-state index < -0.39 is 16.8 Å². The van der Waals surface area contributed by atoms with E-state index in [-0.39, 0.29) is 12.5 Å². The quantitative estimate of drug-likeness (QED) is 0.432. The highest BCUT2D eigenvalue weighted by atomic mass is 79.9. The van der Waals surface area contributed by atoms with Crippen LogP contribution in [0.25, 0.3) is 0 Å². The van der Waals surface area contributed by atoms with Gasteiger partial charge in [-0.15, -0.1) is 0 Å². The summed E-state index contributed by atoms with van der Waals surface area (Å²) < 4.78 is 12.0. The summed E-state index contributed by atoms with van der Waals surface area (Å²) in [6, 6.07) is 19.0. The molecule has 0 heterocycles. The van der Waals surface area contributed by atoms with Gasteiger partial charge in [0.05, 0.1) is 9.46 Å². The van der Waals surface area contributed by atoms with E-state index in [1.165, 1.54) is 0 Å². The lowest BCUT2D eigenvalue weighted by Crippen LogP contribution is -2.23. The Bertz CT molecular complexity index is 946. The first-order valence-corrected chi connectivity index (χ1v) is 10.3. The summed E-state index contributed by atoms with van der Waals surface area (Å²) in [4.78, 5) is 12.8. The Morgan fingerprint density at radius 2 is 1.82 bits per heavy atom. The lowest BCUT2D eigenvalue weighted by atomic mass is 9.98. The number of nitrogens with zero attached hydrogens (tertiary/aromatic N) is 1. The van der Waals surface area contributed by atoms with E-state index in [9.17, 15) is 10.1 Å². The van der Waals surface area contributed by atoms with Crippen molar-refractivity contribution >= 4 is 37.8 Å². The van der Waals surface area contributed by atoms with Crippen molar-refractivity contribution in [2.24, 2.45) is 16.7 Å². The number of para-hydroxylation sites is 1. The number of rotatable bonds is 6. The average Bonchev–Trinajstić information content (AvgIpc) is 3.14. The van der Waals surface area contributed by atoms with Gasteiger partial charge < -0.3 is 9.47 Å². The van der Waals surface area contributed by atoms with Gasteiger partial charge in [-0.05, 0) is 61.7 Å². The van der Waals surface area contributed by atoms with Gasteiger partial charge >= 0.3 is 5.97 Å². The largest absolute Gasteiger partial charge is 0.460 e. The molecule has 0 radical (unpaired) electrons. The summed E-state index contributed by atoms with van der Waals surface area (Å²) >= 11 is 6.62. The Balaban J connectivity index is 1.69. The van der Waals surface area contributed by atoms with Gasteiger partial charge in [0.25, 0.3) is 0 Å². The van der Waals surface area contributed by atoms with Gasteiger partial charge in [-0.1, -0.05) is 50.3 Å². The molecule has 4 nitrogen and oxygen atoms in total. The average molecular weight is 505 g/mol. The van der Waals surface area contributed by atoms with Crippen LogP contribution in [0.15, 0.2) is 64.1 Å². The molecule has 0 unspecified atom stereocenters. The second-order valence-electron chi connectivity index (χ2n) is 7.21. The smallest absolute Gasteiger partial charge is 0.328 e. The molecular formula is C22H19Br2NO3. The van der Waals surface area contributed by atoms with E-state index in [0.29, 0.717) is 9.14 Å². The summed E-state index contributed by atoms with van der Waals surface area (Å²) in [6.45, 7) is 3.88. The molecule has 2 aromatic rings. The zero-order valence-corrected chi connectivity index (χ0v) is 18.7. The summed E-state index contributed by atoms with van der Waals surface area (Å²) in [6.07, 6.45) is 1.83. The number of ether oxygens (including phenoxy) is 2. The van der Waals surface area contributed by atoms with Crippen LogP contribution in [-0.2, 0) is 16.1 Å². The number of nitriles is 1. The van der Waals surface area contributed by atoms with E-state index in [0.717, 1.165) is 11.3 Å². The van der Waals surface area contributed by atoms with Crippen LogP contribution in [-0.4, -0.2) is 5.97 Å². The topological polar surface area (TPSA) is 59.3 Å². The van der Waals surface area contributed by atoms with Crippen molar-refractivity contribution in [1.29, 1.82) is 5.26 Å². The van der Waals surface area contributed by atoms with Crippen molar-refractivity contribution in [3.63, 3.8) is 0 Å². The van der Waals surface area contributed by atoms with Gasteiger partial charge in [0.15, 0.2) is 5.41 Å². The minimum Gasteiger partial charge on any atom is -0.460 e. The number of hydrogen-bond donors (Lipinski definition) is 0. The molecule has 6 heteroatoms. The van der Waals surface area contributed by atoms with E-state index in [1.807, 2.05) is 74.5 Å². The maximum atomic E-state index is 12.8. The van der Waals surface area contributed by atoms with Crippen LogP contribution < -0.4 is 4.74 Å². The van der Waals surface area contributed by atoms with Gasteiger partial charge in [0.2, 0.25) is 0 Å². The first-order valence-electron chi connectivity index (χ1n) is 8.74. The molecular weight excluding hydrogens is 486 g/mol. The second-order valence-corrected chi connectivity index (χ2v) is 9.99. The van der Waals surface area contributed by atoms with Crippen LogP contribution in [0.1, 0.15) is 19.4 Å². The monoisotopic (exact) mass is 503 g/mol. The maximum absolute atomic E-state index is 12.8. The number of halogens is 2. The van der Waals surface area contributed by atoms with Crippen molar-refractivity contribution in [3.05, 3.63) is 69.6 Å². The fourth-order valence-corrected chi connectivity index (χ4v) is 4.03. The molecule has 0 bridgehead atoms. The fourth-order valence-electron chi connectivity index (χ4n) is 3.50. The molecule has 2 aromatic carbocycles. The van der Waals surface area contributed by atoms with Crippen molar-refractivity contribution < 1.29 is 14.3 Å². The standard InChI is InChI=1S/C22H19Br2NO3/c1-21(2)18(12-19(23)24)22(21,14-25)20(26)27-13-15-7-6-10-17(11-15)28-16-8-4-3-5-9-16/h3-12,18H,13H2,1-2H3/t18-,22+/m1/s1. The highest BCUT2D eigenvalue weighted by Gasteiger charge is 2.76. The minimum absolute atomic E-state index is 0.0796. The molecule has 0 N–H and O–H groups in total. The number of benzene rings is 2. The predicted octanol–water partition coefficient (Wildman–Crippen LogP) is 6.32. The fraction of sp³-hybridized carbons (Fsp3) is 0.273. The Hall–Kier alpha value is -2.10. The zero-order chi connectivity index (χ0) is 20.4. The SMILES string of the molecule is CC1(C)[C@@H](C=C(Br)Br)[C@@]1(C#N)C(=O)OCc1cccc(Oc2ccccc2)c1.